The minimum atomic E-state index is -0.320. The van der Waals surface area contributed by atoms with Crippen molar-refractivity contribution in [2.45, 2.75) is 32.4 Å². The Morgan fingerprint density at radius 1 is 1.17 bits per heavy atom. The number of carbonyl (C=O) groups excluding carboxylic acids is 2. The van der Waals surface area contributed by atoms with Crippen molar-refractivity contribution < 1.29 is 14.3 Å². The average molecular weight is 392 g/mol. The highest BCUT2D eigenvalue weighted by atomic mass is 16.5. The van der Waals surface area contributed by atoms with E-state index in [4.69, 9.17) is 4.74 Å². The van der Waals surface area contributed by atoms with Crippen molar-refractivity contribution in [3.63, 3.8) is 0 Å². The van der Waals surface area contributed by atoms with E-state index >= 15 is 0 Å². The van der Waals surface area contributed by atoms with Crippen LogP contribution in [0, 0.1) is 6.92 Å². The van der Waals surface area contributed by atoms with Crippen LogP contribution in [0.5, 0.6) is 0 Å². The van der Waals surface area contributed by atoms with Crippen LogP contribution in [0.2, 0.25) is 0 Å². The first-order chi connectivity index (χ1) is 14.1. The van der Waals surface area contributed by atoms with Crippen molar-refractivity contribution >= 4 is 17.3 Å². The fraction of sp³-hybridized carbons (Fsp3) is 0.318. The molecule has 2 aromatic heterocycles. The third kappa shape index (κ3) is 4.30. The molecule has 1 atom stereocenters. The van der Waals surface area contributed by atoms with E-state index in [0.29, 0.717) is 18.6 Å². The predicted molar refractivity (Wildman–Crippen MR) is 109 cm³/mol. The number of amides is 2. The number of nitrogens with one attached hydrogen (secondary N) is 2. The molecule has 1 aromatic carbocycles. The van der Waals surface area contributed by atoms with Gasteiger partial charge in [0.1, 0.15) is 0 Å². The molecule has 0 aliphatic carbocycles. The molecule has 4 rings (SSSR count). The van der Waals surface area contributed by atoms with Crippen LogP contribution in [-0.2, 0) is 11.3 Å². The molecule has 150 valence electrons. The number of benzene rings is 1. The van der Waals surface area contributed by atoms with E-state index in [2.05, 4.69) is 15.6 Å². The van der Waals surface area contributed by atoms with Gasteiger partial charge in [-0.2, -0.15) is 0 Å². The van der Waals surface area contributed by atoms with Gasteiger partial charge in [0.25, 0.3) is 11.8 Å². The maximum atomic E-state index is 12.8. The Hall–Kier alpha value is -3.19. The van der Waals surface area contributed by atoms with Crippen LogP contribution in [0.4, 0.5) is 0 Å². The van der Waals surface area contributed by atoms with Crippen molar-refractivity contribution in [3.05, 3.63) is 71.3 Å². The maximum Gasteiger partial charge on any atom is 0.287 e. The zero-order valence-electron chi connectivity index (χ0n) is 16.4. The molecule has 1 fully saturated rings. The molecule has 0 spiro atoms. The van der Waals surface area contributed by atoms with Crippen molar-refractivity contribution in [3.8, 4) is 0 Å². The highest BCUT2D eigenvalue weighted by Crippen LogP contribution is 2.15. The number of aromatic nitrogens is 2. The average Bonchev–Trinajstić information content (AvgIpc) is 3.38. The van der Waals surface area contributed by atoms with Gasteiger partial charge in [-0.25, -0.2) is 4.98 Å². The van der Waals surface area contributed by atoms with Crippen LogP contribution in [-0.4, -0.2) is 40.5 Å². The summed E-state index contributed by atoms with van der Waals surface area (Å²) in [6, 6.07) is 13.4. The van der Waals surface area contributed by atoms with Gasteiger partial charge in [0.2, 0.25) is 5.82 Å². The minimum absolute atomic E-state index is 0.0438. The van der Waals surface area contributed by atoms with E-state index in [1.165, 1.54) is 0 Å². The lowest BCUT2D eigenvalue weighted by molar-refractivity contribution is 0.0848. The van der Waals surface area contributed by atoms with Crippen molar-refractivity contribution in [1.82, 2.24) is 20.0 Å². The van der Waals surface area contributed by atoms with Gasteiger partial charge in [0.15, 0.2) is 5.69 Å². The van der Waals surface area contributed by atoms with Crippen molar-refractivity contribution in [2.75, 3.05) is 13.2 Å². The molecule has 2 amide bonds. The molecule has 0 saturated carbocycles. The minimum Gasteiger partial charge on any atom is -0.376 e. The van der Waals surface area contributed by atoms with Crippen LogP contribution in [0.3, 0.4) is 0 Å². The summed E-state index contributed by atoms with van der Waals surface area (Å²) in [6.07, 6.45) is 3.73. The number of rotatable bonds is 6. The Labute approximate surface area is 169 Å². The van der Waals surface area contributed by atoms with Crippen molar-refractivity contribution in [2.24, 2.45) is 0 Å². The molecule has 1 saturated heterocycles. The number of hydrogen-bond acceptors (Lipinski definition) is 4. The van der Waals surface area contributed by atoms with Gasteiger partial charge in [-0.05, 0) is 37.5 Å². The van der Waals surface area contributed by atoms with Crippen LogP contribution >= 0.6 is 0 Å². The summed E-state index contributed by atoms with van der Waals surface area (Å²) in [5.41, 5.74) is 2.97. The van der Waals surface area contributed by atoms with Gasteiger partial charge in [-0.1, -0.05) is 35.9 Å². The lowest BCUT2D eigenvalue weighted by Crippen LogP contribution is -2.33. The van der Waals surface area contributed by atoms with Gasteiger partial charge in [0, 0.05) is 25.9 Å². The van der Waals surface area contributed by atoms with E-state index in [1.54, 1.807) is 22.7 Å². The maximum absolute atomic E-state index is 12.8. The number of aryl methyl sites for hydroxylation is 1. The molecule has 7 heteroatoms. The molecular formula is C22H24N4O3. The fourth-order valence-electron chi connectivity index (χ4n) is 3.54. The molecule has 3 heterocycles. The molecular weight excluding hydrogens is 368 g/mol. The first-order valence-corrected chi connectivity index (χ1v) is 9.82. The van der Waals surface area contributed by atoms with Gasteiger partial charge in [-0.15, -0.1) is 0 Å². The Balaban J connectivity index is 1.51. The topological polar surface area (TPSA) is 84.7 Å². The summed E-state index contributed by atoms with van der Waals surface area (Å²) in [5.74, 6) is -0.438. The quantitative estimate of drug-likeness (QED) is 0.675. The highest BCUT2D eigenvalue weighted by Gasteiger charge is 2.23. The summed E-state index contributed by atoms with van der Waals surface area (Å²) in [5, 5.41) is 5.77. The fourth-order valence-corrected chi connectivity index (χ4v) is 3.54. The third-order valence-corrected chi connectivity index (χ3v) is 5.02. The van der Waals surface area contributed by atoms with Crippen molar-refractivity contribution in [1.29, 1.82) is 0 Å². The van der Waals surface area contributed by atoms with Crippen LogP contribution in [0.1, 0.15) is 45.1 Å². The summed E-state index contributed by atoms with van der Waals surface area (Å²) in [6.45, 7) is 3.58. The monoisotopic (exact) mass is 392 g/mol. The van der Waals surface area contributed by atoms with E-state index in [1.807, 2.05) is 37.3 Å². The van der Waals surface area contributed by atoms with Crippen LogP contribution in [0.15, 0.2) is 48.7 Å². The SMILES string of the molecule is Cc1cccc(CNC(=O)c2nc(C(=O)NCC3CCCO3)n3ccccc23)c1. The molecule has 1 aliphatic heterocycles. The van der Waals surface area contributed by atoms with E-state index in [9.17, 15) is 9.59 Å². The zero-order valence-corrected chi connectivity index (χ0v) is 16.4. The number of ether oxygens (including phenoxy) is 1. The van der Waals surface area contributed by atoms with Gasteiger partial charge >= 0.3 is 0 Å². The van der Waals surface area contributed by atoms with Crippen LogP contribution in [0.25, 0.3) is 5.52 Å². The first kappa shape index (κ1) is 19.1. The molecule has 3 aromatic rings. The lowest BCUT2D eigenvalue weighted by atomic mass is 10.1. The standard InChI is InChI=1S/C22H24N4O3/c1-15-6-4-7-16(12-15)13-23-21(27)19-18-9-2-3-10-26(18)20(25-19)22(28)24-14-17-8-5-11-29-17/h2-4,6-7,9-10,12,17H,5,8,11,13-14H2,1H3,(H,23,27)(H,24,28). The summed E-state index contributed by atoms with van der Waals surface area (Å²) in [4.78, 5) is 29.8. The Morgan fingerprint density at radius 3 is 2.86 bits per heavy atom. The van der Waals surface area contributed by atoms with E-state index < -0.39 is 0 Å². The number of carbonyl (C=O) groups is 2. The van der Waals surface area contributed by atoms with E-state index in [-0.39, 0.29) is 29.4 Å². The summed E-state index contributed by atoms with van der Waals surface area (Å²) in [7, 11) is 0. The zero-order chi connectivity index (χ0) is 20.2. The molecule has 7 nitrogen and oxygen atoms in total. The Kier molecular flexibility index (Phi) is 5.57. The molecule has 2 N–H and O–H groups in total. The second-order valence-electron chi connectivity index (χ2n) is 7.26. The largest absolute Gasteiger partial charge is 0.376 e. The third-order valence-electron chi connectivity index (χ3n) is 5.02. The number of nitrogens with zero attached hydrogens (tertiary/aromatic N) is 2. The highest BCUT2D eigenvalue weighted by molar-refractivity contribution is 6.02. The second-order valence-corrected chi connectivity index (χ2v) is 7.26. The van der Waals surface area contributed by atoms with Crippen LogP contribution < -0.4 is 10.6 Å². The molecule has 0 bridgehead atoms. The Morgan fingerprint density at radius 2 is 2.07 bits per heavy atom. The smallest absolute Gasteiger partial charge is 0.287 e. The van der Waals surface area contributed by atoms with Gasteiger partial charge in [-0.3, -0.25) is 14.0 Å². The second kappa shape index (κ2) is 8.45. The lowest BCUT2D eigenvalue weighted by Gasteiger charge is -2.10. The number of fused-ring (bicyclic) bond motifs is 1. The normalized spacial score (nSPS) is 16.1. The Bertz CT molecular complexity index is 1040. The number of hydrogen-bond donors (Lipinski definition) is 2. The molecule has 1 aliphatic rings. The summed E-state index contributed by atoms with van der Waals surface area (Å²) < 4.78 is 7.19. The number of pyridine rings is 1. The number of imidazole rings is 1. The van der Waals surface area contributed by atoms with E-state index in [0.717, 1.165) is 30.6 Å². The summed E-state index contributed by atoms with van der Waals surface area (Å²) >= 11 is 0. The molecule has 1 unspecified atom stereocenters. The predicted octanol–water partition coefficient (Wildman–Crippen LogP) is 2.48. The van der Waals surface area contributed by atoms with Gasteiger partial charge < -0.3 is 15.4 Å². The van der Waals surface area contributed by atoms with Gasteiger partial charge in [0.05, 0.1) is 11.6 Å². The molecule has 0 radical (unpaired) electrons. The molecule has 29 heavy (non-hydrogen) atoms. The first-order valence-electron chi connectivity index (χ1n) is 9.82.